The fraction of sp³-hybridized carbons (Fsp3) is 0.421. The summed E-state index contributed by atoms with van der Waals surface area (Å²) in [6.45, 7) is 5.80. The molecule has 0 aliphatic carbocycles. The molecule has 0 saturated heterocycles. The second-order valence-corrected chi connectivity index (χ2v) is 8.32. The van der Waals surface area contributed by atoms with Crippen molar-refractivity contribution in [2.45, 2.75) is 39.3 Å². The van der Waals surface area contributed by atoms with E-state index in [-0.39, 0.29) is 5.92 Å². The van der Waals surface area contributed by atoms with E-state index in [9.17, 15) is 23.3 Å². The number of benzene rings is 1. The maximum atomic E-state index is 12.0. The Kier molecular flexibility index (Phi) is 8.35. The van der Waals surface area contributed by atoms with Gasteiger partial charge in [0.2, 0.25) is 10.0 Å². The number of nitrogens with zero attached hydrogens (tertiary/aromatic N) is 1. The van der Waals surface area contributed by atoms with Crippen molar-refractivity contribution >= 4 is 28.0 Å². The van der Waals surface area contributed by atoms with Gasteiger partial charge in [0.05, 0.1) is 6.07 Å². The zero-order chi connectivity index (χ0) is 21.4. The van der Waals surface area contributed by atoms with Crippen molar-refractivity contribution in [3.63, 3.8) is 0 Å². The molecule has 152 valence electrons. The van der Waals surface area contributed by atoms with Gasteiger partial charge >= 0.3 is 5.97 Å². The molecule has 0 saturated carbocycles. The second kappa shape index (κ2) is 10.0. The van der Waals surface area contributed by atoms with Crippen LogP contribution in [-0.2, 0) is 24.3 Å². The van der Waals surface area contributed by atoms with Gasteiger partial charge in [-0.2, -0.15) is 9.98 Å². The molecule has 0 fully saturated rings. The van der Waals surface area contributed by atoms with Crippen LogP contribution in [0.2, 0.25) is 0 Å². The summed E-state index contributed by atoms with van der Waals surface area (Å²) >= 11 is 0. The lowest BCUT2D eigenvalue weighted by molar-refractivity contribution is -0.150. The molecule has 1 aromatic carbocycles. The van der Waals surface area contributed by atoms with Crippen LogP contribution in [0.4, 0.5) is 0 Å². The number of carbonyl (C=O) groups is 2. The van der Waals surface area contributed by atoms with Crippen LogP contribution >= 0.6 is 0 Å². The largest absolute Gasteiger partial charge is 0.454 e. The van der Waals surface area contributed by atoms with E-state index in [0.29, 0.717) is 5.56 Å². The van der Waals surface area contributed by atoms with Crippen molar-refractivity contribution in [2.75, 3.05) is 6.61 Å². The summed E-state index contributed by atoms with van der Waals surface area (Å²) in [7, 11) is -3.88. The van der Waals surface area contributed by atoms with Gasteiger partial charge in [0, 0.05) is 5.41 Å². The summed E-state index contributed by atoms with van der Waals surface area (Å²) in [5.41, 5.74) is -0.413. The number of nitriles is 1. The lowest BCUT2D eigenvalue weighted by Crippen LogP contribution is -2.50. The van der Waals surface area contributed by atoms with E-state index in [1.807, 2.05) is 6.07 Å². The molecule has 1 rings (SSSR count). The van der Waals surface area contributed by atoms with Crippen molar-refractivity contribution in [2.24, 2.45) is 5.92 Å². The molecule has 2 atom stereocenters. The number of carbonyl (C=O) groups excluding carboxylic acids is 2. The number of sulfonamides is 1. The average Bonchev–Trinajstić information content (AvgIpc) is 2.64. The van der Waals surface area contributed by atoms with Crippen molar-refractivity contribution in [1.29, 1.82) is 5.26 Å². The normalized spacial score (nSPS) is 14.9. The van der Waals surface area contributed by atoms with Gasteiger partial charge in [0.15, 0.2) is 6.61 Å². The molecule has 0 unspecified atom stereocenters. The average molecular weight is 407 g/mol. The van der Waals surface area contributed by atoms with Crippen molar-refractivity contribution < 1.29 is 22.7 Å². The second-order valence-electron chi connectivity index (χ2n) is 6.72. The molecule has 0 aliphatic rings. The fourth-order valence-corrected chi connectivity index (χ4v) is 2.96. The SMILES string of the molecule is CC(C)[C@](C)(C#N)NC(=O)COC(=O)[C@H](C)NS(=O)(=O)/C=C/c1ccccc1. The number of nitrogens with one attached hydrogen (secondary N) is 2. The summed E-state index contributed by atoms with van der Waals surface area (Å²) < 4.78 is 31.1. The first-order valence-electron chi connectivity index (χ1n) is 8.63. The van der Waals surface area contributed by atoms with E-state index in [2.05, 4.69) is 10.0 Å². The summed E-state index contributed by atoms with van der Waals surface area (Å²) in [4.78, 5) is 23.9. The van der Waals surface area contributed by atoms with Crippen LogP contribution in [-0.4, -0.2) is 38.5 Å². The lowest BCUT2D eigenvalue weighted by atomic mass is 9.90. The van der Waals surface area contributed by atoms with Crippen LogP contribution in [0, 0.1) is 17.2 Å². The third-order valence-corrected chi connectivity index (χ3v) is 5.24. The summed E-state index contributed by atoms with van der Waals surface area (Å²) in [5.74, 6) is -1.71. The maximum Gasteiger partial charge on any atom is 0.324 e. The Morgan fingerprint density at radius 2 is 1.86 bits per heavy atom. The quantitative estimate of drug-likeness (QED) is 0.599. The van der Waals surface area contributed by atoms with Crippen LogP contribution in [0.1, 0.15) is 33.3 Å². The Morgan fingerprint density at radius 1 is 1.25 bits per heavy atom. The minimum Gasteiger partial charge on any atom is -0.454 e. The van der Waals surface area contributed by atoms with Crippen LogP contribution in [0.15, 0.2) is 35.7 Å². The zero-order valence-electron chi connectivity index (χ0n) is 16.3. The first-order chi connectivity index (χ1) is 13.0. The number of hydrogen-bond donors (Lipinski definition) is 2. The first-order valence-corrected chi connectivity index (χ1v) is 10.2. The van der Waals surface area contributed by atoms with Crippen LogP contribution in [0.5, 0.6) is 0 Å². The monoisotopic (exact) mass is 407 g/mol. The van der Waals surface area contributed by atoms with Crippen molar-refractivity contribution in [3.8, 4) is 6.07 Å². The highest BCUT2D eigenvalue weighted by Crippen LogP contribution is 2.14. The van der Waals surface area contributed by atoms with Gasteiger partial charge in [-0.25, -0.2) is 8.42 Å². The molecule has 0 heterocycles. The summed E-state index contributed by atoms with van der Waals surface area (Å²) in [5, 5.41) is 12.6. The highest BCUT2D eigenvalue weighted by Gasteiger charge is 2.30. The maximum absolute atomic E-state index is 12.0. The first kappa shape index (κ1) is 23.3. The van der Waals surface area contributed by atoms with Gasteiger partial charge in [-0.1, -0.05) is 44.2 Å². The van der Waals surface area contributed by atoms with Crippen molar-refractivity contribution in [1.82, 2.24) is 10.0 Å². The fourth-order valence-electron chi connectivity index (χ4n) is 1.95. The van der Waals surface area contributed by atoms with Gasteiger partial charge in [0.1, 0.15) is 11.6 Å². The van der Waals surface area contributed by atoms with Crippen LogP contribution < -0.4 is 10.0 Å². The van der Waals surface area contributed by atoms with E-state index in [1.54, 1.807) is 51.1 Å². The molecule has 0 bridgehead atoms. The zero-order valence-corrected chi connectivity index (χ0v) is 17.1. The van der Waals surface area contributed by atoms with E-state index in [0.717, 1.165) is 5.41 Å². The molecule has 8 nitrogen and oxygen atoms in total. The topological polar surface area (TPSA) is 125 Å². The van der Waals surface area contributed by atoms with E-state index in [1.165, 1.54) is 13.0 Å². The van der Waals surface area contributed by atoms with Gasteiger partial charge in [0.25, 0.3) is 5.91 Å². The number of hydrogen-bond acceptors (Lipinski definition) is 6. The molecule has 1 amide bonds. The molecule has 0 spiro atoms. The molecular weight excluding hydrogens is 382 g/mol. The third-order valence-electron chi connectivity index (χ3n) is 4.07. The number of ether oxygens (including phenoxy) is 1. The van der Waals surface area contributed by atoms with Gasteiger partial charge in [-0.3, -0.25) is 9.59 Å². The highest BCUT2D eigenvalue weighted by atomic mass is 32.2. The molecule has 9 heteroatoms. The number of rotatable bonds is 9. The number of esters is 1. The molecule has 2 N–H and O–H groups in total. The lowest BCUT2D eigenvalue weighted by Gasteiger charge is -2.27. The molecule has 0 aromatic heterocycles. The van der Waals surface area contributed by atoms with E-state index in [4.69, 9.17) is 4.74 Å². The Balaban J connectivity index is 2.57. The molecule has 28 heavy (non-hydrogen) atoms. The van der Waals surface area contributed by atoms with Gasteiger partial charge in [-0.15, -0.1) is 0 Å². The van der Waals surface area contributed by atoms with Crippen LogP contribution in [0.3, 0.4) is 0 Å². The predicted molar refractivity (Wildman–Crippen MR) is 105 cm³/mol. The Hall–Kier alpha value is -2.70. The minimum absolute atomic E-state index is 0.153. The molecule has 0 aliphatic heterocycles. The van der Waals surface area contributed by atoms with Crippen LogP contribution in [0.25, 0.3) is 6.08 Å². The smallest absolute Gasteiger partial charge is 0.324 e. The summed E-state index contributed by atoms with van der Waals surface area (Å²) in [6, 6.07) is 9.61. The Bertz CT molecular complexity index is 859. The van der Waals surface area contributed by atoms with E-state index < -0.39 is 40.1 Å². The van der Waals surface area contributed by atoms with E-state index >= 15 is 0 Å². The third kappa shape index (κ3) is 7.50. The highest BCUT2D eigenvalue weighted by molar-refractivity contribution is 7.92. The Morgan fingerprint density at radius 3 is 2.39 bits per heavy atom. The predicted octanol–water partition coefficient (Wildman–Crippen LogP) is 1.56. The molecule has 0 radical (unpaired) electrons. The molecule has 1 aromatic rings. The van der Waals surface area contributed by atoms with Gasteiger partial charge in [-0.05, 0) is 31.4 Å². The van der Waals surface area contributed by atoms with Crippen molar-refractivity contribution in [3.05, 3.63) is 41.3 Å². The molecular formula is C19H25N3O5S. The standard InChI is InChI=1S/C19H25N3O5S/c1-14(2)19(4,13-20)21-17(23)12-27-18(24)15(3)22-28(25,26)11-10-16-8-6-5-7-9-16/h5-11,14-15,22H,12H2,1-4H3,(H,21,23)/b11-10+/t15-,19-/m0/s1. The number of amides is 1. The minimum atomic E-state index is -3.88. The Labute approximate surface area is 165 Å². The van der Waals surface area contributed by atoms with Gasteiger partial charge < -0.3 is 10.1 Å². The summed E-state index contributed by atoms with van der Waals surface area (Å²) in [6.07, 6.45) is 1.39.